The van der Waals surface area contributed by atoms with Gasteiger partial charge in [-0.2, -0.15) is 0 Å². The van der Waals surface area contributed by atoms with Crippen molar-refractivity contribution >= 4 is 28.4 Å². The van der Waals surface area contributed by atoms with Gasteiger partial charge in [0.2, 0.25) is 0 Å². The van der Waals surface area contributed by atoms with E-state index in [0.717, 1.165) is 21.8 Å². The van der Waals surface area contributed by atoms with Gasteiger partial charge in [0.05, 0.1) is 3.57 Å². The highest BCUT2D eigenvalue weighted by Crippen LogP contribution is 2.30. The van der Waals surface area contributed by atoms with E-state index in [-0.39, 0.29) is 0 Å². The lowest BCUT2D eigenvalue weighted by Crippen LogP contribution is -2.09. The van der Waals surface area contributed by atoms with Gasteiger partial charge in [0.25, 0.3) is 0 Å². The summed E-state index contributed by atoms with van der Waals surface area (Å²) in [6.45, 7) is 3.01. The number of rotatable bonds is 3. The van der Waals surface area contributed by atoms with E-state index < -0.39 is 0 Å². The molecule has 1 fully saturated rings. The highest BCUT2D eigenvalue weighted by molar-refractivity contribution is 14.1. The lowest BCUT2D eigenvalue weighted by Gasteiger charge is -2.14. The summed E-state index contributed by atoms with van der Waals surface area (Å²) in [5, 5.41) is 3.31. The van der Waals surface area contributed by atoms with Crippen LogP contribution in [-0.2, 0) is 0 Å². The fourth-order valence-electron chi connectivity index (χ4n) is 2.41. The van der Waals surface area contributed by atoms with Crippen LogP contribution in [0.1, 0.15) is 57.2 Å². The average molecular weight is 345 g/mol. The van der Waals surface area contributed by atoms with Crippen molar-refractivity contribution in [2.24, 2.45) is 0 Å². The molecule has 0 aliphatic heterocycles. The van der Waals surface area contributed by atoms with Gasteiger partial charge in [-0.3, -0.25) is 0 Å². The minimum atomic E-state index is 0.576. The molecule has 0 bridgehead atoms. The Balaban J connectivity index is 2.16. The molecular weight excluding hydrogens is 325 g/mol. The van der Waals surface area contributed by atoms with Crippen molar-refractivity contribution in [1.29, 1.82) is 0 Å². The zero-order valence-corrected chi connectivity index (χ0v) is 12.5. The van der Waals surface area contributed by atoms with Crippen LogP contribution in [0, 0.1) is 3.57 Å². The van der Waals surface area contributed by atoms with Crippen molar-refractivity contribution in [3.8, 4) is 0 Å². The van der Waals surface area contributed by atoms with Crippen molar-refractivity contribution in [2.75, 3.05) is 11.9 Å². The summed E-state index contributed by atoms with van der Waals surface area (Å²) in [7, 11) is 0. The molecule has 0 spiro atoms. The molecule has 0 aromatic carbocycles. The Kier molecular flexibility index (Phi) is 5.00. The van der Waals surface area contributed by atoms with Gasteiger partial charge in [-0.15, -0.1) is 0 Å². The van der Waals surface area contributed by atoms with Crippen LogP contribution in [0.2, 0.25) is 0 Å². The number of nitrogens with one attached hydrogen (secondary N) is 1. The molecule has 1 aliphatic carbocycles. The van der Waals surface area contributed by atoms with E-state index in [4.69, 9.17) is 4.98 Å². The molecule has 0 unspecified atom stereocenters. The maximum Gasteiger partial charge on any atom is 0.143 e. The summed E-state index contributed by atoms with van der Waals surface area (Å²) >= 11 is 2.29. The number of aromatic nitrogens is 2. The van der Waals surface area contributed by atoms with Crippen molar-refractivity contribution < 1.29 is 0 Å². The summed E-state index contributed by atoms with van der Waals surface area (Å²) < 4.78 is 1.11. The van der Waals surface area contributed by atoms with E-state index >= 15 is 0 Å². The Morgan fingerprint density at radius 1 is 1.29 bits per heavy atom. The Labute approximate surface area is 117 Å². The first-order chi connectivity index (χ1) is 8.31. The molecule has 1 aromatic heterocycles. The molecule has 17 heavy (non-hydrogen) atoms. The van der Waals surface area contributed by atoms with Crippen molar-refractivity contribution in [3.63, 3.8) is 0 Å². The van der Waals surface area contributed by atoms with Crippen molar-refractivity contribution in [3.05, 3.63) is 15.6 Å². The summed E-state index contributed by atoms with van der Waals surface area (Å²) in [4.78, 5) is 9.23. The fourth-order valence-corrected chi connectivity index (χ4v) is 2.86. The topological polar surface area (TPSA) is 37.8 Å². The smallest absolute Gasteiger partial charge is 0.143 e. The Morgan fingerprint density at radius 3 is 2.65 bits per heavy atom. The van der Waals surface area contributed by atoms with E-state index in [2.05, 4.69) is 39.8 Å². The van der Waals surface area contributed by atoms with Gasteiger partial charge in [-0.1, -0.05) is 25.7 Å². The second kappa shape index (κ2) is 6.52. The average Bonchev–Trinajstić information content (AvgIpc) is 2.61. The minimum Gasteiger partial charge on any atom is -0.369 e. The molecule has 4 heteroatoms. The van der Waals surface area contributed by atoms with Crippen LogP contribution < -0.4 is 5.32 Å². The highest BCUT2D eigenvalue weighted by Gasteiger charge is 2.18. The molecule has 1 saturated carbocycles. The first-order valence-electron chi connectivity index (χ1n) is 6.57. The zero-order chi connectivity index (χ0) is 12.1. The molecule has 0 atom stereocenters. The first kappa shape index (κ1) is 13.1. The lowest BCUT2D eigenvalue weighted by atomic mass is 9.99. The van der Waals surface area contributed by atoms with Crippen LogP contribution >= 0.6 is 22.6 Å². The Bertz CT molecular complexity index is 360. The van der Waals surface area contributed by atoms with Gasteiger partial charge in [0.15, 0.2) is 0 Å². The van der Waals surface area contributed by atoms with Gasteiger partial charge in [0.1, 0.15) is 11.6 Å². The van der Waals surface area contributed by atoms with Crippen LogP contribution in [0.5, 0.6) is 0 Å². The normalized spacial score (nSPS) is 17.8. The van der Waals surface area contributed by atoms with Gasteiger partial charge < -0.3 is 5.32 Å². The third-order valence-corrected chi connectivity index (χ3v) is 4.12. The molecule has 1 N–H and O–H groups in total. The zero-order valence-electron chi connectivity index (χ0n) is 10.4. The number of anilines is 1. The molecule has 94 valence electrons. The fraction of sp³-hybridized carbons (Fsp3) is 0.692. The number of halogens is 1. The molecule has 1 heterocycles. The van der Waals surface area contributed by atoms with Crippen LogP contribution in [0.4, 0.5) is 5.82 Å². The SMILES string of the molecule is CCNc1nc(C2CCCCCC2)ncc1I. The van der Waals surface area contributed by atoms with Crippen LogP contribution in [0.15, 0.2) is 6.20 Å². The number of hydrogen-bond donors (Lipinski definition) is 1. The van der Waals surface area contributed by atoms with Gasteiger partial charge in [-0.25, -0.2) is 9.97 Å². The second-order valence-corrected chi connectivity index (χ2v) is 5.81. The summed E-state index contributed by atoms with van der Waals surface area (Å²) in [5.41, 5.74) is 0. The second-order valence-electron chi connectivity index (χ2n) is 4.64. The van der Waals surface area contributed by atoms with Crippen molar-refractivity contribution in [2.45, 2.75) is 51.4 Å². The molecular formula is C13H20IN3. The molecule has 3 nitrogen and oxygen atoms in total. The van der Waals surface area contributed by atoms with Gasteiger partial charge >= 0.3 is 0 Å². The molecule has 2 rings (SSSR count). The summed E-state index contributed by atoms with van der Waals surface area (Å²) in [5.74, 6) is 2.62. The monoisotopic (exact) mass is 345 g/mol. The van der Waals surface area contributed by atoms with E-state index in [1.165, 1.54) is 38.5 Å². The van der Waals surface area contributed by atoms with Gasteiger partial charge in [-0.05, 0) is 42.4 Å². The third-order valence-electron chi connectivity index (χ3n) is 3.33. The Morgan fingerprint density at radius 2 is 2.00 bits per heavy atom. The molecule has 0 radical (unpaired) electrons. The lowest BCUT2D eigenvalue weighted by molar-refractivity contribution is 0.560. The summed E-state index contributed by atoms with van der Waals surface area (Å²) in [6.07, 6.45) is 9.87. The highest BCUT2D eigenvalue weighted by atomic mass is 127. The van der Waals surface area contributed by atoms with E-state index in [0.29, 0.717) is 5.92 Å². The third kappa shape index (κ3) is 3.53. The molecule has 0 saturated heterocycles. The van der Waals surface area contributed by atoms with E-state index in [9.17, 15) is 0 Å². The summed E-state index contributed by atoms with van der Waals surface area (Å²) in [6, 6.07) is 0. The predicted molar refractivity (Wildman–Crippen MR) is 79.4 cm³/mol. The van der Waals surface area contributed by atoms with Gasteiger partial charge in [0, 0.05) is 18.7 Å². The number of nitrogens with zero attached hydrogens (tertiary/aromatic N) is 2. The van der Waals surface area contributed by atoms with E-state index in [1.54, 1.807) is 0 Å². The van der Waals surface area contributed by atoms with Crippen LogP contribution in [-0.4, -0.2) is 16.5 Å². The largest absolute Gasteiger partial charge is 0.369 e. The Hall–Kier alpha value is -0.390. The first-order valence-corrected chi connectivity index (χ1v) is 7.65. The number of hydrogen-bond acceptors (Lipinski definition) is 3. The minimum absolute atomic E-state index is 0.576. The van der Waals surface area contributed by atoms with Crippen LogP contribution in [0.25, 0.3) is 0 Å². The standard InChI is InChI=1S/C13H20IN3/c1-2-15-13-11(14)9-16-12(17-13)10-7-5-3-4-6-8-10/h9-10H,2-8H2,1H3,(H,15,16,17). The van der Waals surface area contributed by atoms with E-state index in [1.807, 2.05) is 6.20 Å². The maximum absolute atomic E-state index is 4.70. The predicted octanol–water partition coefficient (Wildman–Crippen LogP) is 3.95. The molecule has 1 aromatic rings. The maximum atomic E-state index is 4.70. The molecule has 0 amide bonds. The quantitative estimate of drug-likeness (QED) is 0.666. The molecule has 1 aliphatic rings. The van der Waals surface area contributed by atoms with Crippen molar-refractivity contribution in [1.82, 2.24) is 9.97 Å². The van der Waals surface area contributed by atoms with Crippen LogP contribution in [0.3, 0.4) is 0 Å².